The highest BCUT2D eigenvalue weighted by Crippen LogP contribution is 2.36. The van der Waals surface area contributed by atoms with Gasteiger partial charge in [-0.2, -0.15) is 13.2 Å². The Balaban J connectivity index is 1.34. The van der Waals surface area contributed by atoms with Crippen LogP contribution in [0.25, 0.3) is 0 Å². The normalized spacial score (nSPS) is 24.5. The summed E-state index contributed by atoms with van der Waals surface area (Å²) in [6.45, 7) is 3.77. The molecule has 2 atom stereocenters. The topological polar surface area (TPSA) is 44.7 Å². The lowest BCUT2D eigenvalue weighted by Gasteiger charge is -2.47. The van der Waals surface area contributed by atoms with E-state index >= 15 is 0 Å². The van der Waals surface area contributed by atoms with E-state index in [9.17, 15) is 18.3 Å². The van der Waals surface area contributed by atoms with Gasteiger partial charge in [0.05, 0.1) is 11.2 Å². The number of ether oxygens (including phenoxy) is 1. The van der Waals surface area contributed by atoms with Gasteiger partial charge in [0, 0.05) is 37.8 Å². The van der Waals surface area contributed by atoms with E-state index in [4.69, 9.17) is 4.74 Å². The molecule has 33 heavy (non-hydrogen) atoms. The summed E-state index contributed by atoms with van der Waals surface area (Å²) in [6, 6.07) is 13.2. The molecule has 1 aliphatic carbocycles. The van der Waals surface area contributed by atoms with Gasteiger partial charge >= 0.3 is 6.18 Å². The smallest absolute Gasteiger partial charge is 0.416 e. The molecule has 2 aromatic rings. The summed E-state index contributed by atoms with van der Waals surface area (Å²) in [6.07, 6.45) is 1.18. The van der Waals surface area contributed by atoms with Crippen molar-refractivity contribution in [2.24, 2.45) is 0 Å². The van der Waals surface area contributed by atoms with E-state index in [1.165, 1.54) is 18.6 Å². The van der Waals surface area contributed by atoms with E-state index in [0.717, 1.165) is 63.5 Å². The number of hydrogen-bond acceptors (Lipinski definition) is 4. The van der Waals surface area contributed by atoms with Gasteiger partial charge in [-0.3, -0.25) is 4.90 Å². The molecule has 1 saturated carbocycles. The fourth-order valence-corrected chi connectivity index (χ4v) is 5.21. The molecule has 2 N–H and O–H groups in total. The van der Waals surface area contributed by atoms with Gasteiger partial charge in [0.2, 0.25) is 0 Å². The van der Waals surface area contributed by atoms with Gasteiger partial charge < -0.3 is 15.2 Å². The lowest BCUT2D eigenvalue weighted by atomic mass is 9.76. The Morgan fingerprint density at radius 3 is 2.48 bits per heavy atom. The van der Waals surface area contributed by atoms with Crippen LogP contribution in [0.2, 0.25) is 0 Å². The average Bonchev–Trinajstić information content (AvgIpc) is 2.82. The van der Waals surface area contributed by atoms with E-state index in [0.29, 0.717) is 12.2 Å². The summed E-state index contributed by atoms with van der Waals surface area (Å²) in [4.78, 5) is 2.45. The summed E-state index contributed by atoms with van der Waals surface area (Å²) >= 11 is 0. The predicted octanol–water partition coefficient (Wildman–Crippen LogP) is 4.80. The van der Waals surface area contributed by atoms with Crippen molar-refractivity contribution in [2.45, 2.75) is 63.0 Å². The van der Waals surface area contributed by atoms with Crippen molar-refractivity contribution in [1.82, 2.24) is 10.2 Å². The zero-order valence-corrected chi connectivity index (χ0v) is 18.9. The molecular weight excluding hydrogens is 429 g/mol. The first-order chi connectivity index (χ1) is 15.9. The van der Waals surface area contributed by atoms with Crippen LogP contribution in [-0.4, -0.2) is 47.8 Å². The first kappa shape index (κ1) is 24.0. The van der Waals surface area contributed by atoms with Crippen LogP contribution in [0, 0.1) is 0 Å². The molecule has 4 rings (SSSR count). The molecule has 2 aromatic carbocycles. The lowest BCUT2D eigenvalue weighted by molar-refractivity contribution is -0.138. The maximum atomic E-state index is 13.2. The van der Waals surface area contributed by atoms with Gasteiger partial charge in [0.25, 0.3) is 0 Å². The minimum atomic E-state index is -4.40. The van der Waals surface area contributed by atoms with Crippen molar-refractivity contribution < 1.29 is 23.0 Å². The monoisotopic (exact) mass is 462 g/mol. The summed E-state index contributed by atoms with van der Waals surface area (Å²) in [5.41, 5.74) is -0.128. The molecule has 1 heterocycles. The third kappa shape index (κ3) is 6.08. The lowest BCUT2D eigenvalue weighted by Crippen LogP contribution is -2.59. The first-order valence-corrected chi connectivity index (χ1v) is 11.9. The van der Waals surface area contributed by atoms with Crippen LogP contribution in [0.4, 0.5) is 13.2 Å². The average molecular weight is 463 g/mol. The molecule has 2 aliphatic rings. The zero-order valence-electron chi connectivity index (χ0n) is 18.9. The number of aryl methyl sites for hydroxylation is 1. The Kier molecular flexibility index (Phi) is 7.62. The molecule has 0 amide bonds. The standard InChI is InChI=1S/C26H33F3N2O2/c27-26(28,29)23-6-2-1-5-21(23)19-33-22-10-8-20(9-11-22)12-14-25(32)13-4-3-7-24(25)31-17-15-30-16-18-31/h1-2,5-6,8-11,24,30,32H,3-4,7,12-19H2. The Labute approximate surface area is 193 Å². The number of benzene rings is 2. The second-order valence-electron chi connectivity index (χ2n) is 9.24. The molecule has 1 aliphatic heterocycles. The molecular formula is C26H33F3N2O2. The Morgan fingerprint density at radius 1 is 1.03 bits per heavy atom. The summed E-state index contributed by atoms with van der Waals surface area (Å²) in [5.74, 6) is 0.533. The van der Waals surface area contributed by atoms with Gasteiger partial charge in [0.1, 0.15) is 12.4 Å². The van der Waals surface area contributed by atoms with Crippen LogP contribution in [-0.2, 0) is 19.2 Å². The summed E-state index contributed by atoms with van der Waals surface area (Å²) in [7, 11) is 0. The molecule has 0 spiro atoms. The van der Waals surface area contributed by atoms with Crippen LogP contribution in [0.1, 0.15) is 48.8 Å². The number of hydrogen-bond donors (Lipinski definition) is 2. The van der Waals surface area contributed by atoms with Crippen LogP contribution in [0.5, 0.6) is 5.75 Å². The SMILES string of the molecule is OC1(CCc2ccc(OCc3ccccc3C(F)(F)F)cc2)CCCCC1N1CCNCC1. The number of alkyl halides is 3. The molecule has 2 fully saturated rings. The molecule has 0 bridgehead atoms. The molecule has 2 unspecified atom stereocenters. The zero-order chi connectivity index (χ0) is 23.3. The Hall–Kier alpha value is -2.09. The minimum Gasteiger partial charge on any atom is -0.489 e. The van der Waals surface area contributed by atoms with E-state index in [2.05, 4.69) is 10.2 Å². The predicted molar refractivity (Wildman–Crippen MR) is 122 cm³/mol. The third-order valence-electron chi connectivity index (χ3n) is 7.04. The molecule has 0 radical (unpaired) electrons. The van der Waals surface area contributed by atoms with Gasteiger partial charge in [-0.1, -0.05) is 43.2 Å². The largest absolute Gasteiger partial charge is 0.489 e. The van der Waals surface area contributed by atoms with Crippen LogP contribution in [0.3, 0.4) is 0 Å². The van der Waals surface area contributed by atoms with Crippen molar-refractivity contribution in [3.63, 3.8) is 0 Å². The van der Waals surface area contributed by atoms with E-state index in [-0.39, 0.29) is 18.2 Å². The number of nitrogens with zero attached hydrogens (tertiary/aromatic N) is 1. The molecule has 1 saturated heterocycles. The van der Waals surface area contributed by atoms with E-state index < -0.39 is 17.3 Å². The van der Waals surface area contributed by atoms with Gasteiger partial charge in [-0.15, -0.1) is 0 Å². The highest BCUT2D eigenvalue weighted by Gasteiger charge is 2.41. The van der Waals surface area contributed by atoms with Crippen LogP contribution < -0.4 is 10.1 Å². The molecule has 7 heteroatoms. The number of aliphatic hydroxyl groups is 1. The minimum absolute atomic E-state index is 0.118. The fraction of sp³-hybridized carbons (Fsp3) is 0.538. The van der Waals surface area contributed by atoms with Crippen LogP contribution >= 0.6 is 0 Å². The maximum Gasteiger partial charge on any atom is 0.416 e. The van der Waals surface area contributed by atoms with Crippen molar-refractivity contribution >= 4 is 0 Å². The third-order valence-corrected chi connectivity index (χ3v) is 7.04. The van der Waals surface area contributed by atoms with Gasteiger partial charge in [-0.25, -0.2) is 0 Å². The second kappa shape index (κ2) is 10.5. The van der Waals surface area contributed by atoms with Crippen LogP contribution in [0.15, 0.2) is 48.5 Å². The van der Waals surface area contributed by atoms with E-state index in [1.807, 2.05) is 12.1 Å². The summed E-state index contributed by atoms with van der Waals surface area (Å²) < 4.78 is 45.1. The molecule has 180 valence electrons. The van der Waals surface area contributed by atoms with E-state index in [1.54, 1.807) is 18.2 Å². The Bertz CT molecular complexity index is 897. The summed E-state index contributed by atoms with van der Waals surface area (Å²) in [5, 5.41) is 14.9. The fourth-order valence-electron chi connectivity index (χ4n) is 5.21. The van der Waals surface area contributed by atoms with Gasteiger partial charge in [0.15, 0.2) is 0 Å². The van der Waals surface area contributed by atoms with Crippen molar-refractivity contribution in [2.75, 3.05) is 26.2 Å². The van der Waals surface area contributed by atoms with Gasteiger partial charge in [-0.05, 0) is 49.4 Å². The Morgan fingerprint density at radius 2 is 1.76 bits per heavy atom. The number of nitrogens with one attached hydrogen (secondary N) is 1. The highest BCUT2D eigenvalue weighted by molar-refractivity contribution is 5.31. The molecule has 0 aromatic heterocycles. The maximum absolute atomic E-state index is 13.2. The van der Waals surface area contributed by atoms with Crippen molar-refractivity contribution in [3.8, 4) is 5.75 Å². The number of halogens is 3. The van der Waals surface area contributed by atoms with Crippen molar-refractivity contribution in [1.29, 1.82) is 0 Å². The number of piperazine rings is 1. The highest BCUT2D eigenvalue weighted by atomic mass is 19.4. The second-order valence-corrected chi connectivity index (χ2v) is 9.24. The first-order valence-electron chi connectivity index (χ1n) is 11.9. The molecule has 4 nitrogen and oxygen atoms in total. The number of rotatable bonds is 7. The van der Waals surface area contributed by atoms with Crippen molar-refractivity contribution in [3.05, 3.63) is 65.2 Å². The quantitative estimate of drug-likeness (QED) is 0.621.